The lowest BCUT2D eigenvalue weighted by molar-refractivity contribution is 0.352. The molecule has 4 nitrogen and oxygen atoms in total. The molecule has 1 aliphatic carbocycles. The lowest BCUT2D eigenvalue weighted by Gasteiger charge is -2.20. The van der Waals surface area contributed by atoms with E-state index >= 15 is 0 Å². The zero-order valence-electron chi connectivity index (χ0n) is 11.8. The molecule has 2 rings (SSSR count). The van der Waals surface area contributed by atoms with Crippen LogP contribution >= 0.6 is 0 Å². The number of nitrogens with zero attached hydrogens (tertiary/aromatic N) is 2. The summed E-state index contributed by atoms with van der Waals surface area (Å²) >= 11 is 0. The lowest BCUT2D eigenvalue weighted by atomic mass is 10.1. The summed E-state index contributed by atoms with van der Waals surface area (Å²) in [5, 5.41) is 0. The highest BCUT2D eigenvalue weighted by Crippen LogP contribution is 2.31. The van der Waals surface area contributed by atoms with Gasteiger partial charge in [-0.1, -0.05) is 33.6 Å². The molecule has 1 aromatic heterocycles. The molecule has 0 aromatic carbocycles. The Morgan fingerprint density at radius 1 is 1.33 bits per heavy atom. The van der Waals surface area contributed by atoms with Crippen LogP contribution in [-0.2, 0) is 6.54 Å². The van der Waals surface area contributed by atoms with Crippen LogP contribution in [0.1, 0.15) is 70.5 Å². The number of anilines is 1. The first-order chi connectivity index (χ1) is 8.57. The van der Waals surface area contributed by atoms with Crippen molar-refractivity contribution in [3.63, 3.8) is 0 Å². The van der Waals surface area contributed by atoms with Crippen molar-refractivity contribution in [1.82, 2.24) is 9.36 Å². The van der Waals surface area contributed by atoms with Crippen molar-refractivity contribution in [1.29, 1.82) is 0 Å². The number of hydrogen-bond acceptors (Lipinski definition) is 2. The van der Waals surface area contributed by atoms with Gasteiger partial charge in [-0.05, 0) is 25.2 Å². The van der Waals surface area contributed by atoms with Crippen molar-refractivity contribution >= 4 is 5.69 Å². The van der Waals surface area contributed by atoms with E-state index in [1.54, 1.807) is 0 Å². The average molecular weight is 251 g/mol. The Labute approximate surface area is 109 Å². The summed E-state index contributed by atoms with van der Waals surface area (Å²) in [4.78, 5) is 12.4. The molecular weight excluding hydrogens is 226 g/mol. The van der Waals surface area contributed by atoms with Gasteiger partial charge in [-0.2, -0.15) is 0 Å². The molecule has 18 heavy (non-hydrogen) atoms. The molecule has 0 amide bonds. The topological polar surface area (TPSA) is 52.9 Å². The third kappa shape index (κ3) is 2.08. The summed E-state index contributed by atoms with van der Waals surface area (Å²) in [6.07, 6.45) is 5.71. The Bertz CT molecular complexity index is 464. The van der Waals surface area contributed by atoms with E-state index in [9.17, 15) is 4.79 Å². The maximum Gasteiger partial charge on any atom is 0.290 e. The van der Waals surface area contributed by atoms with E-state index in [-0.39, 0.29) is 5.56 Å². The fraction of sp³-hybridized carbons (Fsp3) is 0.786. The van der Waals surface area contributed by atoms with Gasteiger partial charge in [0.15, 0.2) is 0 Å². The molecule has 1 saturated carbocycles. The first-order valence-corrected chi connectivity index (χ1v) is 7.18. The zero-order chi connectivity index (χ0) is 13.3. The first kappa shape index (κ1) is 13.2. The number of hydrogen-bond donors (Lipinski definition) is 1. The third-order valence-corrected chi connectivity index (χ3v) is 3.91. The van der Waals surface area contributed by atoms with Gasteiger partial charge in [0, 0.05) is 6.54 Å². The second-order valence-corrected chi connectivity index (χ2v) is 5.66. The normalized spacial score (nSPS) is 16.9. The molecule has 1 aliphatic rings. The monoisotopic (exact) mass is 251 g/mol. The van der Waals surface area contributed by atoms with Crippen LogP contribution in [0, 0.1) is 0 Å². The van der Waals surface area contributed by atoms with Gasteiger partial charge in [0.05, 0.1) is 11.7 Å². The van der Waals surface area contributed by atoms with Crippen LogP contribution in [0.4, 0.5) is 5.69 Å². The van der Waals surface area contributed by atoms with E-state index in [1.807, 2.05) is 4.68 Å². The smallest absolute Gasteiger partial charge is 0.290 e. The van der Waals surface area contributed by atoms with E-state index in [1.165, 1.54) is 12.8 Å². The quantitative estimate of drug-likeness (QED) is 0.894. The van der Waals surface area contributed by atoms with Crippen molar-refractivity contribution in [3.05, 3.63) is 16.0 Å². The maximum absolute atomic E-state index is 12.4. The molecule has 1 heterocycles. The average Bonchev–Trinajstić information content (AvgIpc) is 2.88. The third-order valence-electron chi connectivity index (χ3n) is 3.91. The highest BCUT2D eigenvalue weighted by molar-refractivity contribution is 5.43. The Kier molecular flexibility index (Phi) is 3.83. The van der Waals surface area contributed by atoms with Crippen molar-refractivity contribution < 1.29 is 0 Å². The van der Waals surface area contributed by atoms with Crippen molar-refractivity contribution in [3.8, 4) is 0 Å². The molecule has 0 aliphatic heterocycles. The molecule has 0 atom stereocenters. The summed E-state index contributed by atoms with van der Waals surface area (Å²) in [5.41, 5.74) is 7.56. The minimum absolute atomic E-state index is 0.0269. The van der Waals surface area contributed by atoms with Crippen LogP contribution in [0.5, 0.6) is 0 Å². The van der Waals surface area contributed by atoms with Gasteiger partial charge in [-0.3, -0.25) is 9.48 Å². The van der Waals surface area contributed by atoms with Gasteiger partial charge in [0.2, 0.25) is 0 Å². The molecular formula is C14H25N3O. The Balaban J connectivity index is 2.55. The van der Waals surface area contributed by atoms with Gasteiger partial charge >= 0.3 is 0 Å². The predicted octanol–water partition coefficient (Wildman–Crippen LogP) is 2.88. The molecule has 0 bridgehead atoms. The fourth-order valence-corrected chi connectivity index (χ4v) is 3.16. The minimum Gasteiger partial charge on any atom is -0.393 e. The molecule has 0 unspecified atom stereocenters. The van der Waals surface area contributed by atoms with Gasteiger partial charge in [-0.25, -0.2) is 4.68 Å². The van der Waals surface area contributed by atoms with Crippen LogP contribution in [0.25, 0.3) is 0 Å². The Morgan fingerprint density at radius 3 is 2.44 bits per heavy atom. The predicted molar refractivity (Wildman–Crippen MR) is 75.0 cm³/mol. The molecule has 4 heteroatoms. The van der Waals surface area contributed by atoms with Crippen LogP contribution in [-0.4, -0.2) is 9.36 Å². The van der Waals surface area contributed by atoms with Crippen LogP contribution in [0.3, 0.4) is 0 Å². The first-order valence-electron chi connectivity index (χ1n) is 7.18. The SMILES string of the molecule is CCCn1c(C(C)C)c(N)c(=O)n1C1CCCC1. The molecule has 2 N–H and O–H groups in total. The zero-order valence-corrected chi connectivity index (χ0v) is 11.8. The highest BCUT2D eigenvalue weighted by atomic mass is 16.1. The summed E-state index contributed by atoms with van der Waals surface area (Å²) in [7, 11) is 0. The van der Waals surface area contributed by atoms with E-state index in [2.05, 4.69) is 25.5 Å². The van der Waals surface area contributed by atoms with Gasteiger partial charge < -0.3 is 5.73 Å². The molecule has 1 aromatic rings. The van der Waals surface area contributed by atoms with Gasteiger partial charge in [-0.15, -0.1) is 0 Å². The lowest BCUT2D eigenvalue weighted by Crippen LogP contribution is -2.27. The summed E-state index contributed by atoms with van der Waals surface area (Å²) in [5.74, 6) is 0.298. The second-order valence-electron chi connectivity index (χ2n) is 5.66. The van der Waals surface area contributed by atoms with Crippen LogP contribution in [0.2, 0.25) is 0 Å². The van der Waals surface area contributed by atoms with Crippen molar-refractivity contribution in [2.24, 2.45) is 0 Å². The van der Waals surface area contributed by atoms with E-state index in [4.69, 9.17) is 5.73 Å². The number of nitrogens with two attached hydrogens (primary N) is 1. The summed E-state index contributed by atoms with van der Waals surface area (Å²) < 4.78 is 4.10. The maximum atomic E-state index is 12.4. The molecule has 1 fully saturated rings. The summed E-state index contributed by atoms with van der Waals surface area (Å²) in [6.45, 7) is 7.24. The highest BCUT2D eigenvalue weighted by Gasteiger charge is 2.26. The standard InChI is InChI=1S/C14H25N3O/c1-4-9-16-13(10(2)3)12(15)14(18)17(16)11-7-5-6-8-11/h10-11H,4-9,15H2,1-3H3. The number of aromatic nitrogens is 2. The number of nitrogen functional groups attached to an aromatic ring is 1. The van der Waals surface area contributed by atoms with Crippen molar-refractivity contribution in [2.45, 2.75) is 71.4 Å². The van der Waals surface area contributed by atoms with Crippen molar-refractivity contribution in [2.75, 3.05) is 5.73 Å². The van der Waals surface area contributed by atoms with Crippen LogP contribution in [0.15, 0.2) is 4.79 Å². The summed E-state index contributed by atoms with van der Waals surface area (Å²) in [6, 6.07) is 0.360. The fourth-order valence-electron chi connectivity index (χ4n) is 3.16. The molecule has 0 saturated heterocycles. The minimum atomic E-state index is 0.0269. The van der Waals surface area contributed by atoms with Crippen LogP contribution < -0.4 is 11.3 Å². The number of rotatable bonds is 4. The van der Waals surface area contributed by atoms with E-state index in [0.717, 1.165) is 31.5 Å². The van der Waals surface area contributed by atoms with Gasteiger partial charge in [0.25, 0.3) is 5.56 Å². The second kappa shape index (κ2) is 5.21. The van der Waals surface area contributed by atoms with E-state index < -0.39 is 0 Å². The molecule has 102 valence electrons. The van der Waals surface area contributed by atoms with Gasteiger partial charge in [0.1, 0.15) is 5.69 Å². The van der Waals surface area contributed by atoms with E-state index in [0.29, 0.717) is 17.6 Å². The molecule has 0 radical (unpaired) electrons. The Hall–Kier alpha value is -1.19. The largest absolute Gasteiger partial charge is 0.393 e. The Morgan fingerprint density at radius 2 is 1.94 bits per heavy atom. The molecule has 0 spiro atoms.